The smallest absolute Gasteiger partial charge is 0.253 e. The SMILES string of the molecule is CN(C)C(=O)c1ccc(N)c(NCc2ccn[nH]2)c1. The Labute approximate surface area is 111 Å². The molecule has 0 spiro atoms. The van der Waals surface area contributed by atoms with E-state index >= 15 is 0 Å². The van der Waals surface area contributed by atoms with Gasteiger partial charge in [-0.15, -0.1) is 0 Å². The van der Waals surface area contributed by atoms with Gasteiger partial charge < -0.3 is 16.0 Å². The van der Waals surface area contributed by atoms with Gasteiger partial charge in [0.25, 0.3) is 5.91 Å². The average molecular weight is 259 g/mol. The third-order valence-electron chi connectivity index (χ3n) is 2.73. The molecule has 0 aliphatic rings. The van der Waals surface area contributed by atoms with Crippen LogP contribution >= 0.6 is 0 Å². The van der Waals surface area contributed by atoms with Gasteiger partial charge >= 0.3 is 0 Å². The van der Waals surface area contributed by atoms with E-state index in [-0.39, 0.29) is 5.91 Å². The summed E-state index contributed by atoms with van der Waals surface area (Å²) in [6, 6.07) is 7.08. The first-order chi connectivity index (χ1) is 9.08. The molecular formula is C13H17N5O. The summed E-state index contributed by atoms with van der Waals surface area (Å²) in [4.78, 5) is 13.4. The van der Waals surface area contributed by atoms with Crippen LogP contribution in [0.5, 0.6) is 0 Å². The van der Waals surface area contributed by atoms with Crippen molar-refractivity contribution >= 4 is 17.3 Å². The van der Waals surface area contributed by atoms with Gasteiger partial charge in [-0.05, 0) is 24.3 Å². The van der Waals surface area contributed by atoms with Crippen molar-refractivity contribution in [2.75, 3.05) is 25.1 Å². The Balaban J connectivity index is 2.15. The average Bonchev–Trinajstić information content (AvgIpc) is 2.90. The highest BCUT2D eigenvalue weighted by Gasteiger charge is 2.10. The molecule has 0 saturated carbocycles. The lowest BCUT2D eigenvalue weighted by molar-refractivity contribution is 0.0827. The molecule has 6 heteroatoms. The Morgan fingerprint density at radius 1 is 1.42 bits per heavy atom. The van der Waals surface area contributed by atoms with Crippen LogP contribution in [0.15, 0.2) is 30.5 Å². The van der Waals surface area contributed by atoms with Crippen LogP contribution in [-0.4, -0.2) is 35.1 Å². The predicted molar refractivity (Wildman–Crippen MR) is 74.8 cm³/mol. The molecule has 0 saturated heterocycles. The fourth-order valence-electron chi connectivity index (χ4n) is 1.67. The van der Waals surface area contributed by atoms with Crippen LogP contribution in [0.4, 0.5) is 11.4 Å². The van der Waals surface area contributed by atoms with Crippen LogP contribution in [0.25, 0.3) is 0 Å². The normalized spacial score (nSPS) is 10.2. The van der Waals surface area contributed by atoms with Gasteiger partial charge in [-0.25, -0.2) is 0 Å². The standard InChI is InChI=1S/C13H17N5O/c1-18(2)13(19)9-3-4-11(14)12(7-9)15-8-10-5-6-16-17-10/h3-7,15H,8,14H2,1-2H3,(H,16,17). The number of nitrogens with one attached hydrogen (secondary N) is 2. The fraction of sp³-hybridized carbons (Fsp3) is 0.231. The zero-order valence-corrected chi connectivity index (χ0v) is 11.0. The predicted octanol–water partition coefficient (Wildman–Crippen LogP) is 1.31. The number of benzene rings is 1. The van der Waals surface area contributed by atoms with E-state index in [1.807, 2.05) is 6.07 Å². The minimum absolute atomic E-state index is 0.0513. The molecule has 1 aromatic carbocycles. The summed E-state index contributed by atoms with van der Waals surface area (Å²) in [5.41, 5.74) is 8.79. The molecule has 19 heavy (non-hydrogen) atoms. The van der Waals surface area contributed by atoms with E-state index in [0.717, 1.165) is 11.4 Å². The summed E-state index contributed by atoms with van der Waals surface area (Å²) in [5, 5.41) is 9.91. The second kappa shape index (κ2) is 5.43. The highest BCUT2D eigenvalue weighted by molar-refractivity contribution is 5.95. The first-order valence-corrected chi connectivity index (χ1v) is 5.91. The van der Waals surface area contributed by atoms with Crippen LogP contribution in [0.1, 0.15) is 16.1 Å². The first kappa shape index (κ1) is 12.9. The number of H-pyrrole nitrogens is 1. The van der Waals surface area contributed by atoms with Crippen LogP contribution in [-0.2, 0) is 6.54 Å². The molecule has 100 valence electrons. The number of nitrogens with two attached hydrogens (primary N) is 1. The molecule has 0 fully saturated rings. The summed E-state index contributed by atoms with van der Waals surface area (Å²) in [6.45, 7) is 0.573. The maximum absolute atomic E-state index is 11.9. The molecule has 4 N–H and O–H groups in total. The Bertz CT molecular complexity index is 562. The van der Waals surface area contributed by atoms with Crippen LogP contribution in [0.2, 0.25) is 0 Å². The van der Waals surface area contributed by atoms with E-state index in [0.29, 0.717) is 17.8 Å². The molecule has 0 unspecified atom stereocenters. The van der Waals surface area contributed by atoms with Gasteiger partial charge in [0.2, 0.25) is 0 Å². The van der Waals surface area contributed by atoms with Gasteiger partial charge in [-0.1, -0.05) is 0 Å². The number of rotatable bonds is 4. The van der Waals surface area contributed by atoms with Crippen LogP contribution in [0.3, 0.4) is 0 Å². The second-order valence-electron chi connectivity index (χ2n) is 4.44. The molecule has 0 bridgehead atoms. The summed E-state index contributed by atoms with van der Waals surface area (Å²) in [7, 11) is 3.44. The number of anilines is 2. The third kappa shape index (κ3) is 3.04. The molecule has 2 rings (SSSR count). The van der Waals surface area contributed by atoms with E-state index in [1.165, 1.54) is 4.90 Å². The maximum Gasteiger partial charge on any atom is 0.253 e. The lowest BCUT2D eigenvalue weighted by atomic mass is 10.1. The van der Waals surface area contributed by atoms with Gasteiger partial charge in [0.05, 0.1) is 23.6 Å². The molecule has 1 amide bonds. The van der Waals surface area contributed by atoms with Crippen molar-refractivity contribution in [2.45, 2.75) is 6.54 Å². The number of carbonyl (C=O) groups is 1. The number of amides is 1. The highest BCUT2D eigenvalue weighted by atomic mass is 16.2. The van der Waals surface area contributed by atoms with Crippen molar-refractivity contribution in [1.82, 2.24) is 15.1 Å². The highest BCUT2D eigenvalue weighted by Crippen LogP contribution is 2.21. The molecule has 1 heterocycles. The van der Waals surface area contributed by atoms with Gasteiger partial charge in [0.15, 0.2) is 0 Å². The number of nitrogen functional groups attached to an aromatic ring is 1. The number of hydrogen-bond donors (Lipinski definition) is 3. The van der Waals surface area contributed by atoms with E-state index in [2.05, 4.69) is 15.5 Å². The third-order valence-corrected chi connectivity index (χ3v) is 2.73. The van der Waals surface area contributed by atoms with Crippen LogP contribution < -0.4 is 11.1 Å². The number of carbonyl (C=O) groups excluding carboxylic acids is 1. The number of aromatic amines is 1. The maximum atomic E-state index is 11.9. The molecule has 2 aromatic rings. The monoisotopic (exact) mass is 259 g/mol. The number of hydrogen-bond acceptors (Lipinski definition) is 4. The van der Waals surface area contributed by atoms with Crippen LogP contribution in [0, 0.1) is 0 Å². The van der Waals surface area contributed by atoms with E-state index in [1.54, 1.807) is 38.5 Å². The Kier molecular flexibility index (Phi) is 3.70. The quantitative estimate of drug-likeness (QED) is 0.722. The van der Waals surface area contributed by atoms with Gasteiger partial charge in [0.1, 0.15) is 0 Å². The van der Waals surface area contributed by atoms with Crippen molar-refractivity contribution in [3.05, 3.63) is 41.7 Å². The topological polar surface area (TPSA) is 87.0 Å². The summed E-state index contributed by atoms with van der Waals surface area (Å²) < 4.78 is 0. The number of aromatic nitrogens is 2. The minimum Gasteiger partial charge on any atom is -0.397 e. The van der Waals surface area contributed by atoms with Crippen molar-refractivity contribution in [3.8, 4) is 0 Å². The Morgan fingerprint density at radius 3 is 2.84 bits per heavy atom. The molecule has 1 aromatic heterocycles. The number of nitrogens with zero attached hydrogens (tertiary/aromatic N) is 2. The molecule has 6 nitrogen and oxygen atoms in total. The summed E-state index contributed by atoms with van der Waals surface area (Å²) in [5.74, 6) is -0.0513. The van der Waals surface area contributed by atoms with Crippen molar-refractivity contribution < 1.29 is 4.79 Å². The van der Waals surface area contributed by atoms with Gasteiger partial charge in [0, 0.05) is 25.9 Å². The first-order valence-electron chi connectivity index (χ1n) is 5.91. The Morgan fingerprint density at radius 2 is 2.21 bits per heavy atom. The van der Waals surface area contributed by atoms with Crippen molar-refractivity contribution in [2.24, 2.45) is 0 Å². The van der Waals surface area contributed by atoms with Crippen molar-refractivity contribution in [1.29, 1.82) is 0 Å². The zero-order chi connectivity index (χ0) is 13.8. The van der Waals surface area contributed by atoms with Crippen molar-refractivity contribution in [3.63, 3.8) is 0 Å². The Hall–Kier alpha value is -2.50. The lowest BCUT2D eigenvalue weighted by Crippen LogP contribution is -2.21. The van der Waals surface area contributed by atoms with E-state index in [9.17, 15) is 4.79 Å². The molecule has 0 aliphatic carbocycles. The zero-order valence-electron chi connectivity index (χ0n) is 11.0. The largest absolute Gasteiger partial charge is 0.397 e. The summed E-state index contributed by atoms with van der Waals surface area (Å²) in [6.07, 6.45) is 1.69. The van der Waals surface area contributed by atoms with Gasteiger partial charge in [-0.2, -0.15) is 5.10 Å². The lowest BCUT2D eigenvalue weighted by Gasteiger charge is -2.13. The van der Waals surface area contributed by atoms with E-state index in [4.69, 9.17) is 5.73 Å². The summed E-state index contributed by atoms with van der Waals surface area (Å²) >= 11 is 0. The molecule has 0 radical (unpaired) electrons. The second-order valence-corrected chi connectivity index (χ2v) is 4.44. The molecular weight excluding hydrogens is 242 g/mol. The molecule has 0 aliphatic heterocycles. The fourth-order valence-corrected chi connectivity index (χ4v) is 1.67. The van der Waals surface area contributed by atoms with Gasteiger partial charge in [-0.3, -0.25) is 9.89 Å². The molecule has 0 atom stereocenters. The van der Waals surface area contributed by atoms with E-state index < -0.39 is 0 Å². The minimum atomic E-state index is -0.0513.